The van der Waals surface area contributed by atoms with Gasteiger partial charge in [0, 0.05) is 11.8 Å². The maximum absolute atomic E-state index is 13.2. The lowest BCUT2D eigenvalue weighted by Gasteiger charge is -2.10. The Morgan fingerprint density at radius 1 is 1.21 bits per heavy atom. The quantitative estimate of drug-likeness (QED) is 0.811. The molecule has 4 nitrogen and oxygen atoms in total. The van der Waals surface area contributed by atoms with Crippen LogP contribution in [0.4, 0.5) is 10.1 Å². The van der Waals surface area contributed by atoms with Crippen LogP contribution in [-0.4, -0.2) is 20.1 Å². The molecule has 2 aromatic rings. The molecule has 0 fully saturated rings. The van der Waals surface area contributed by atoms with E-state index in [1.54, 1.807) is 31.2 Å². The van der Waals surface area contributed by atoms with E-state index in [0.717, 1.165) is 5.56 Å². The van der Waals surface area contributed by atoms with Gasteiger partial charge >= 0.3 is 0 Å². The van der Waals surface area contributed by atoms with Crippen molar-refractivity contribution in [2.75, 3.05) is 19.5 Å². The third-order valence-electron chi connectivity index (χ3n) is 3.34. The van der Waals surface area contributed by atoms with Crippen LogP contribution in [0.15, 0.2) is 36.4 Å². The summed E-state index contributed by atoms with van der Waals surface area (Å²) in [6, 6.07) is 7.56. The number of carbonyl (C=O) groups is 1. The molecule has 6 heteroatoms. The van der Waals surface area contributed by atoms with Crippen molar-refractivity contribution in [2.24, 2.45) is 0 Å². The molecule has 24 heavy (non-hydrogen) atoms. The lowest BCUT2D eigenvalue weighted by atomic mass is 10.1. The van der Waals surface area contributed by atoms with E-state index in [2.05, 4.69) is 5.32 Å². The van der Waals surface area contributed by atoms with Gasteiger partial charge in [-0.2, -0.15) is 0 Å². The summed E-state index contributed by atoms with van der Waals surface area (Å²) in [5.74, 6) is 0.100. The molecule has 1 N–H and O–H groups in total. The van der Waals surface area contributed by atoms with Gasteiger partial charge in [0.05, 0.1) is 19.2 Å². The molecule has 0 heterocycles. The van der Waals surface area contributed by atoms with Gasteiger partial charge in [0.25, 0.3) is 0 Å². The fourth-order valence-corrected chi connectivity index (χ4v) is 2.41. The number of hydrogen-bond acceptors (Lipinski definition) is 3. The summed E-state index contributed by atoms with van der Waals surface area (Å²) in [6.07, 6.45) is 2.92. The molecule has 2 rings (SSSR count). The van der Waals surface area contributed by atoms with Crippen molar-refractivity contribution < 1.29 is 18.7 Å². The number of aryl methyl sites for hydroxylation is 1. The van der Waals surface area contributed by atoms with Crippen LogP contribution in [0.25, 0.3) is 6.08 Å². The standard InChI is InChI=1S/C18H17ClFNO3/c1-11-4-6-13(20)10-15(11)21-17(22)7-5-12-8-14(19)18(24-3)16(9-12)23-2/h4-10H,1-3H3,(H,21,22)/b7-5+. The van der Waals surface area contributed by atoms with Crippen molar-refractivity contribution in [1.82, 2.24) is 0 Å². The van der Waals surface area contributed by atoms with Crippen LogP contribution in [0.3, 0.4) is 0 Å². The Morgan fingerprint density at radius 3 is 2.62 bits per heavy atom. The molecule has 126 valence electrons. The molecule has 0 aliphatic heterocycles. The largest absolute Gasteiger partial charge is 0.493 e. The predicted molar refractivity (Wildman–Crippen MR) is 93.4 cm³/mol. The molecule has 0 spiro atoms. The summed E-state index contributed by atoms with van der Waals surface area (Å²) >= 11 is 6.12. The third kappa shape index (κ3) is 4.26. The predicted octanol–water partition coefficient (Wildman–Crippen LogP) is 4.46. The zero-order valence-electron chi connectivity index (χ0n) is 13.5. The second-order valence-electron chi connectivity index (χ2n) is 5.02. The molecule has 0 unspecified atom stereocenters. The van der Waals surface area contributed by atoms with E-state index in [1.165, 1.54) is 32.4 Å². The van der Waals surface area contributed by atoms with Crippen molar-refractivity contribution in [3.63, 3.8) is 0 Å². The van der Waals surface area contributed by atoms with Crippen LogP contribution < -0.4 is 14.8 Å². The summed E-state index contributed by atoms with van der Waals surface area (Å²) in [6.45, 7) is 1.78. The first-order valence-electron chi connectivity index (χ1n) is 7.11. The van der Waals surface area contributed by atoms with E-state index in [4.69, 9.17) is 21.1 Å². The molecule has 2 aromatic carbocycles. The minimum absolute atomic E-state index is 0.373. The molecule has 0 aliphatic carbocycles. The Kier molecular flexibility index (Phi) is 5.82. The second-order valence-corrected chi connectivity index (χ2v) is 5.43. The van der Waals surface area contributed by atoms with Gasteiger partial charge in [0.15, 0.2) is 11.5 Å². The summed E-state index contributed by atoms with van der Waals surface area (Å²) in [5.41, 5.74) is 1.87. The van der Waals surface area contributed by atoms with Crippen molar-refractivity contribution >= 4 is 29.3 Å². The SMILES string of the molecule is COc1cc(/C=C/C(=O)Nc2cc(F)ccc2C)cc(Cl)c1OC. The van der Waals surface area contributed by atoms with Crippen LogP contribution >= 0.6 is 11.6 Å². The van der Waals surface area contributed by atoms with Crippen LogP contribution in [0.5, 0.6) is 11.5 Å². The van der Waals surface area contributed by atoms with Gasteiger partial charge in [-0.3, -0.25) is 4.79 Å². The first kappa shape index (κ1) is 17.8. The van der Waals surface area contributed by atoms with E-state index in [9.17, 15) is 9.18 Å². The number of nitrogens with one attached hydrogen (secondary N) is 1. The van der Waals surface area contributed by atoms with Gasteiger partial charge < -0.3 is 14.8 Å². The van der Waals surface area contributed by atoms with E-state index >= 15 is 0 Å². The highest BCUT2D eigenvalue weighted by atomic mass is 35.5. The number of carbonyl (C=O) groups excluding carboxylic acids is 1. The monoisotopic (exact) mass is 349 g/mol. The summed E-state index contributed by atoms with van der Waals surface area (Å²) in [5, 5.41) is 3.01. The topological polar surface area (TPSA) is 47.6 Å². The molecule has 0 saturated heterocycles. The molecule has 0 aliphatic rings. The lowest BCUT2D eigenvalue weighted by Crippen LogP contribution is -2.09. The van der Waals surface area contributed by atoms with Gasteiger partial charge in [-0.15, -0.1) is 0 Å². The number of anilines is 1. The number of benzene rings is 2. The van der Waals surface area contributed by atoms with Crippen LogP contribution in [0.2, 0.25) is 5.02 Å². The second kappa shape index (κ2) is 7.84. The maximum atomic E-state index is 13.2. The molecule has 0 aromatic heterocycles. The summed E-state index contributed by atoms with van der Waals surface area (Å²) < 4.78 is 23.6. The number of amides is 1. The van der Waals surface area contributed by atoms with Gasteiger partial charge in [0.2, 0.25) is 5.91 Å². The van der Waals surface area contributed by atoms with Crippen molar-refractivity contribution in [3.05, 3.63) is 58.4 Å². The number of rotatable bonds is 5. The Labute approximate surface area is 144 Å². The van der Waals surface area contributed by atoms with E-state index in [0.29, 0.717) is 27.8 Å². The molecule has 1 amide bonds. The molecule has 0 saturated carbocycles. The van der Waals surface area contributed by atoms with Gasteiger partial charge in [0.1, 0.15) is 5.82 Å². The number of halogens is 2. The fraction of sp³-hybridized carbons (Fsp3) is 0.167. The van der Waals surface area contributed by atoms with Crippen molar-refractivity contribution in [2.45, 2.75) is 6.92 Å². The zero-order chi connectivity index (χ0) is 17.7. The van der Waals surface area contributed by atoms with Crippen LogP contribution in [-0.2, 0) is 4.79 Å². The minimum Gasteiger partial charge on any atom is -0.493 e. The highest BCUT2D eigenvalue weighted by Crippen LogP contribution is 2.36. The molecule has 0 bridgehead atoms. The van der Waals surface area contributed by atoms with Crippen molar-refractivity contribution in [3.8, 4) is 11.5 Å². The van der Waals surface area contributed by atoms with Crippen molar-refractivity contribution in [1.29, 1.82) is 0 Å². The first-order chi connectivity index (χ1) is 11.4. The average Bonchev–Trinajstić information content (AvgIpc) is 2.55. The zero-order valence-corrected chi connectivity index (χ0v) is 14.3. The Bertz CT molecular complexity index is 790. The summed E-state index contributed by atoms with van der Waals surface area (Å²) in [7, 11) is 3.00. The van der Waals surface area contributed by atoms with E-state index in [-0.39, 0.29) is 5.91 Å². The van der Waals surface area contributed by atoms with Gasteiger partial charge in [-0.25, -0.2) is 4.39 Å². The average molecular weight is 350 g/mol. The highest BCUT2D eigenvalue weighted by molar-refractivity contribution is 6.32. The smallest absolute Gasteiger partial charge is 0.248 e. The third-order valence-corrected chi connectivity index (χ3v) is 3.62. The number of methoxy groups -OCH3 is 2. The van der Waals surface area contributed by atoms with E-state index in [1.807, 2.05) is 0 Å². The molecular formula is C18H17ClFNO3. The first-order valence-corrected chi connectivity index (χ1v) is 7.49. The normalized spacial score (nSPS) is 10.7. The Balaban J connectivity index is 2.17. The highest BCUT2D eigenvalue weighted by Gasteiger charge is 2.10. The van der Waals surface area contributed by atoms with Gasteiger partial charge in [-0.05, 0) is 48.4 Å². The molecule has 0 radical (unpaired) electrons. The Morgan fingerprint density at radius 2 is 1.96 bits per heavy atom. The summed E-state index contributed by atoms with van der Waals surface area (Å²) in [4.78, 5) is 12.0. The van der Waals surface area contributed by atoms with Crippen LogP contribution in [0, 0.1) is 12.7 Å². The Hall–Kier alpha value is -2.53. The number of ether oxygens (including phenoxy) is 2. The molecule has 0 atom stereocenters. The maximum Gasteiger partial charge on any atom is 0.248 e. The van der Waals surface area contributed by atoms with Crippen LogP contribution in [0.1, 0.15) is 11.1 Å². The minimum atomic E-state index is -0.411. The fourth-order valence-electron chi connectivity index (χ4n) is 2.11. The number of hydrogen-bond donors (Lipinski definition) is 1. The lowest BCUT2D eigenvalue weighted by molar-refractivity contribution is -0.111. The molecular weight excluding hydrogens is 333 g/mol. The van der Waals surface area contributed by atoms with Gasteiger partial charge in [-0.1, -0.05) is 17.7 Å². The van der Waals surface area contributed by atoms with E-state index < -0.39 is 5.82 Å².